The highest BCUT2D eigenvalue weighted by Crippen LogP contribution is 2.13. The number of aromatic nitrogens is 2. The number of anilines is 1. The Balaban J connectivity index is 3.04. The van der Waals surface area contributed by atoms with Gasteiger partial charge in [0.05, 0.1) is 5.60 Å². The van der Waals surface area contributed by atoms with Gasteiger partial charge in [-0.1, -0.05) is 0 Å². The van der Waals surface area contributed by atoms with Gasteiger partial charge in [-0.05, 0) is 33.8 Å². The van der Waals surface area contributed by atoms with Crippen molar-refractivity contribution >= 4 is 5.95 Å². The maximum absolute atomic E-state index is 9.81. The molecule has 0 fully saturated rings. The summed E-state index contributed by atoms with van der Waals surface area (Å²) in [5.74, 6) is 0.492. The van der Waals surface area contributed by atoms with E-state index in [2.05, 4.69) is 9.97 Å². The Morgan fingerprint density at radius 1 is 1.47 bits per heavy atom. The Bertz CT molecular complexity index is 431. The van der Waals surface area contributed by atoms with E-state index in [9.17, 15) is 5.11 Å². The van der Waals surface area contributed by atoms with Gasteiger partial charge in [-0.15, -0.1) is 0 Å². The zero-order chi connectivity index (χ0) is 13.1. The van der Waals surface area contributed by atoms with E-state index < -0.39 is 5.60 Å². The Labute approximate surface area is 102 Å². The molecule has 0 aliphatic carbocycles. The first-order valence-corrected chi connectivity index (χ1v) is 5.59. The predicted octanol–water partition coefficient (Wildman–Crippen LogP) is 1.25. The molecule has 0 bridgehead atoms. The molecule has 1 N–H and O–H groups in total. The molecule has 1 rings (SSSR count). The summed E-state index contributed by atoms with van der Waals surface area (Å²) in [7, 11) is 0. The molecule has 0 unspecified atom stereocenters. The molecule has 0 spiro atoms. The molecule has 92 valence electrons. The fourth-order valence-electron chi connectivity index (χ4n) is 1.54. The SMILES string of the molecule is CCN(CC(C)(C)O)c1nc(C)cc(C#N)n1. The van der Waals surface area contributed by atoms with Crippen LogP contribution in [0.1, 0.15) is 32.2 Å². The molecule has 1 heterocycles. The van der Waals surface area contributed by atoms with Gasteiger partial charge in [0.15, 0.2) is 0 Å². The van der Waals surface area contributed by atoms with Gasteiger partial charge in [-0.2, -0.15) is 5.26 Å². The fourth-order valence-corrected chi connectivity index (χ4v) is 1.54. The van der Waals surface area contributed by atoms with Crippen LogP contribution in [0.4, 0.5) is 5.95 Å². The van der Waals surface area contributed by atoms with Crippen molar-refractivity contribution in [3.8, 4) is 6.07 Å². The quantitative estimate of drug-likeness (QED) is 0.848. The highest BCUT2D eigenvalue weighted by atomic mass is 16.3. The van der Waals surface area contributed by atoms with Crippen LogP contribution >= 0.6 is 0 Å². The Morgan fingerprint density at radius 2 is 2.12 bits per heavy atom. The standard InChI is InChI=1S/C12H18N4O/c1-5-16(8-12(3,4)17)11-14-9(2)6-10(7-13)15-11/h6,17H,5,8H2,1-4H3. The van der Waals surface area contributed by atoms with Crippen molar-refractivity contribution in [3.63, 3.8) is 0 Å². The summed E-state index contributed by atoms with van der Waals surface area (Å²) in [6.07, 6.45) is 0. The average molecular weight is 234 g/mol. The van der Waals surface area contributed by atoms with Gasteiger partial charge < -0.3 is 10.0 Å². The second-order valence-electron chi connectivity index (χ2n) is 4.63. The molecule has 1 aromatic rings. The van der Waals surface area contributed by atoms with Crippen LogP contribution in [0, 0.1) is 18.3 Å². The van der Waals surface area contributed by atoms with E-state index in [-0.39, 0.29) is 0 Å². The van der Waals surface area contributed by atoms with Gasteiger partial charge in [0, 0.05) is 18.8 Å². The zero-order valence-corrected chi connectivity index (χ0v) is 10.7. The van der Waals surface area contributed by atoms with Crippen LogP contribution in [0.5, 0.6) is 0 Å². The van der Waals surface area contributed by atoms with Crippen LogP contribution in [0.2, 0.25) is 0 Å². The minimum absolute atomic E-state index is 0.349. The fraction of sp³-hybridized carbons (Fsp3) is 0.583. The molecule has 0 aliphatic heterocycles. The third kappa shape index (κ3) is 4.00. The smallest absolute Gasteiger partial charge is 0.226 e. The van der Waals surface area contributed by atoms with Crippen LogP contribution in [0.3, 0.4) is 0 Å². The van der Waals surface area contributed by atoms with Gasteiger partial charge >= 0.3 is 0 Å². The molecule has 17 heavy (non-hydrogen) atoms. The molecule has 1 aromatic heterocycles. The molecule has 0 radical (unpaired) electrons. The van der Waals surface area contributed by atoms with Crippen LogP contribution in [0.15, 0.2) is 6.07 Å². The van der Waals surface area contributed by atoms with Gasteiger partial charge in [0.2, 0.25) is 5.95 Å². The average Bonchev–Trinajstić information content (AvgIpc) is 2.23. The molecule has 0 atom stereocenters. The van der Waals surface area contributed by atoms with E-state index in [0.29, 0.717) is 24.7 Å². The Kier molecular flexibility index (Phi) is 4.02. The lowest BCUT2D eigenvalue weighted by atomic mass is 10.1. The second-order valence-corrected chi connectivity index (χ2v) is 4.63. The molecule has 0 amide bonds. The maximum Gasteiger partial charge on any atom is 0.226 e. The Morgan fingerprint density at radius 3 is 2.59 bits per heavy atom. The lowest BCUT2D eigenvalue weighted by molar-refractivity contribution is 0.0872. The van der Waals surface area contributed by atoms with E-state index in [4.69, 9.17) is 5.26 Å². The number of nitriles is 1. The molecule has 5 nitrogen and oxygen atoms in total. The summed E-state index contributed by atoms with van der Waals surface area (Å²) < 4.78 is 0. The van der Waals surface area contributed by atoms with Crippen molar-refractivity contribution in [2.75, 3.05) is 18.0 Å². The largest absolute Gasteiger partial charge is 0.389 e. The first kappa shape index (κ1) is 13.4. The van der Waals surface area contributed by atoms with Crippen molar-refractivity contribution in [1.82, 2.24) is 9.97 Å². The van der Waals surface area contributed by atoms with Gasteiger partial charge in [-0.3, -0.25) is 0 Å². The van der Waals surface area contributed by atoms with Crippen molar-refractivity contribution in [1.29, 1.82) is 5.26 Å². The summed E-state index contributed by atoms with van der Waals surface area (Å²) in [5.41, 5.74) is 0.276. The minimum Gasteiger partial charge on any atom is -0.389 e. The predicted molar refractivity (Wildman–Crippen MR) is 65.7 cm³/mol. The van der Waals surface area contributed by atoms with Gasteiger partial charge in [0.25, 0.3) is 0 Å². The third-order valence-corrected chi connectivity index (χ3v) is 2.20. The van der Waals surface area contributed by atoms with Crippen LogP contribution in [-0.2, 0) is 0 Å². The highest BCUT2D eigenvalue weighted by Gasteiger charge is 2.19. The van der Waals surface area contributed by atoms with E-state index in [1.807, 2.05) is 24.8 Å². The number of likely N-dealkylation sites (N-methyl/N-ethyl adjacent to an activating group) is 1. The molecular weight excluding hydrogens is 216 g/mol. The summed E-state index contributed by atoms with van der Waals surface area (Å²) in [6, 6.07) is 3.65. The molecule has 0 saturated heterocycles. The summed E-state index contributed by atoms with van der Waals surface area (Å²) in [5, 5.41) is 18.7. The summed E-state index contributed by atoms with van der Waals surface area (Å²) in [6.45, 7) is 8.36. The number of nitrogens with zero attached hydrogens (tertiary/aromatic N) is 4. The van der Waals surface area contributed by atoms with E-state index >= 15 is 0 Å². The third-order valence-electron chi connectivity index (χ3n) is 2.20. The molecule has 0 saturated carbocycles. The van der Waals surface area contributed by atoms with Crippen LogP contribution in [-0.4, -0.2) is 33.8 Å². The number of aryl methyl sites for hydroxylation is 1. The van der Waals surface area contributed by atoms with E-state index in [1.165, 1.54) is 0 Å². The zero-order valence-electron chi connectivity index (χ0n) is 10.7. The van der Waals surface area contributed by atoms with E-state index in [0.717, 1.165) is 5.69 Å². The Hall–Kier alpha value is -1.67. The van der Waals surface area contributed by atoms with Crippen molar-refractivity contribution in [3.05, 3.63) is 17.5 Å². The molecule has 0 aliphatic rings. The lowest BCUT2D eigenvalue weighted by Crippen LogP contribution is -2.39. The number of hydrogen-bond acceptors (Lipinski definition) is 5. The van der Waals surface area contributed by atoms with Crippen molar-refractivity contribution < 1.29 is 5.11 Å². The van der Waals surface area contributed by atoms with E-state index in [1.54, 1.807) is 19.9 Å². The highest BCUT2D eigenvalue weighted by molar-refractivity contribution is 5.36. The molecule has 0 aromatic carbocycles. The minimum atomic E-state index is -0.823. The monoisotopic (exact) mass is 234 g/mol. The number of rotatable bonds is 4. The van der Waals surface area contributed by atoms with Crippen molar-refractivity contribution in [2.24, 2.45) is 0 Å². The molecular formula is C12H18N4O. The topological polar surface area (TPSA) is 73.0 Å². The first-order valence-electron chi connectivity index (χ1n) is 5.59. The maximum atomic E-state index is 9.81. The first-order chi connectivity index (χ1) is 7.85. The van der Waals surface area contributed by atoms with Crippen molar-refractivity contribution in [2.45, 2.75) is 33.3 Å². The number of aliphatic hydroxyl groups is 1. The summed E-state index contributed by atoms with van der Waals surface area (Å²) in [4.78, 5) is 10.3. The molecule has 5 heteroatoms. The second kappa shape index (κ2) is 5.11. The van der Waals surface area contributed by atoms with Gasteiger partial charge in [0.1, 0.15) is 11.8 Å². The number of hydrogen-bond donors (Lipinski definition) is 1. The van der Waals surface area contributed by atoms with Gasteiger partial charge in [-0.25, -0.2) is 9.97 Å². The normalized spacial score (nSPS) is 11.1. The lowest BCUT2D eigenvalue weighted by Gasteiger charge is -2.28. The van der Waals surface area contributed by atoms with Crippen LogP contribution in [0.25, 0.3) is 0 Å². The summed E-state index contributed by atoms with van der Waals surface area (Å²) >= 11 is 0. The van der Waals surface area contributed by atoms with Crippen LogP contribution < -0.4 is 4.90 Å².